The van der Waals surface area contributed by atoms with E-state index in [1.165, 1.54) is 11.1 Å². The number of carbonyl (C=O) groups excluding carboxylic acids is 5. The summed E-state index contributed by atoms with van der Waals surface area (Å²) in [6.45, 7) is 18.1. The van der Waals surface area contributed by atoms with Gasteiger partial charge in [0.05, 0.1) is 49.3 Å². The molecular formula is C53H67N7O8. The number of pyridine rings is 1. The van der Waals surface area contributed by atoms with Crippen LogP contribution >= 0.6 is 0 Å². The van der Waals surface area contributed by atoms with Crippen molar-refractivity contribution in [1.82, 2.24) is 35.1 Å². The van der Waals surface area contributed by atoms with Crippen LogP contribution in [0, 0.1) is 17.3 Å². The molecule has 0 spiro atoms. The van der Waals surface area contributed by atoms with E-state index in [1.807, 2.05) is 39.0 Å². The molecule has 2 aromatic carbocycles. The maximum Gasteiger partial charge on any atom is 0.324 e. The summed E-state index contributed by atoms with van der Waals surface area (Å²) in [5.74, 6) is -2.61. The number of likely N-dealkylation sites (tertiary alicyclic amines) is 1. The molecule has 1 unspecified atom stereocenters. The van der Waals surface area contributed by atoms with Crippen molar-refractivity contribution in [3.05, 3.63) is 90.3 Å². The van der Waals surface area contributed by atoms with Gasteiger partial charge in [0.1, 0.15) is 18.1 Å². The van der Waals surface area contributed by atoms with Crippen molar-refractivity contribution in [3.63, 3.8) is 0 Å². The quantitative estimate of drug-likeness (QED) is 0.134. The summed E-state index contributed by atoms with van der Waals surface area (Å²) in [6.07, 6.45) is 4.98. The van der Waals surface area contributed by atoms with E-state index in [2.05, 4.69) is 79.1 Å². The molecule has 4 aliphatic rings. The summed E-state index contributed by atoms with van der Waals surface area (Å²) in [7, 11) is 1.69. The van der Waals surface area contributed by atoms with E-state index >= 15 is 0 Å². The highest BCUT2D eigenvalue weighted by Crippen LogP contribution is 2.42. The number of hydrogen-bond acceptors (Lipinski definition) is 10. The smallest absolute Gasteiger partial charge is 0.324 e. The molecule has 2 N–H and O–H groups in total. The van der Waals surface area contributed by atoms with Crippen molar-refractivity contribution in [2.45, 2.75) is 110 Å². The van der Waals surface area contributed by atoms with Crippen molar-refractivity contribution >= 4 is 40.5 Å². The van der Waals surface area contributed by atoms with Crippen LogP contribution in [0.4, 0.5) is 0 Å². The summed E-state index contributed by atoms with van der Waals surface area (Å²) in [5.41, 5.74) is 10.5. The minimum atomic E-state index is -1.07. The monoisotopic (exact) mass is 930 g/mol. The van der Waals surface area contributed by atoms with Gasteiger partial charge < -0.3 is 33.9 Å². The summed E-state index contributed by atoms with van der Waals surface area (Å²) in [4.78, 5) is 78.8. The molecular weight excluding hydrogens is 863 g/mol. The Morgan fingerprint density at radius 1 is 1.04 bits per heavy atom. The molecule has 4 aromatic rings. The second-order valence-electron chi connectivity index (χ2n) is 19.9. The van der Waals surface area contributed by atoms with Gasteiger partial charge in [-0.3, -0.25) is 34.0 Å². The number of fused-ring (bicyclic) bond motifs is 6. The van der Waals surface area contributed by atoms with Crippen LogP contribution in [0.25, 0.3) is 33.3 Å². The van der Waals surface area contributed by atoms with Crippen LogP contribution in [0.5, 0.6) is 0 Å². The molecule has 0 saturated carbocycles. The zero-order valence-electron chi connectivity index (χ0n) is 40.6. The molecule has 5 atom stereocenters. The number of ether oxygens (including phenoxy) is 3. The van der Waals surface area contributed by atoms with Gasteiger partial charge in [0.2, 0.25) is 17.7 Å². The van der Waals surface area contributed by atoms with Crippen LogP contribution in [0.2, 0.25) is 0 Å². The van der Waals surface area contributed by atoms with Crippen LogP contribution in [-0.2, 0) is 57.6 Å². The highest BCUT2D eigenvalue weighted by Gasteiger charge is 2.45. The van der Waals surface area contributed by atoms with Gasteiger partial charge in [0.25, 0.3) is 5.91 Å². The second kappa shape index (κ2) is 20.4. The fourth-order valence-corrected chi connectivity index (χ4v) is 10.4. The maximum absolute atomic E-state index is 14.9. The minimum absolute atomic E-state index is 0.131. The van der Waals surface area contributed by atoms with E-state index in [9.17, 15) is 24.0 Å². The van der Waals surface area contributed by atoms with Crippen molar-refractivity contribution in [2.24, 2.45) is 17.3 Å². The molecule has 15 heteroatoms. The Hall–Kier alpha value is -5.90. The van der Waals surface area contributed by atoms with E-state index in [0.717, 1.165) is 50.1 Å². The van der Waals surface area contributed by atoms with Gasteiger partial charge in [-0.2, -0.15) is 0 Å². The number of rotatable bonds is 11. The average Bonchev–Trinajstić information content (AvgIpc) is 3.94. The third-order valence-corrected chi connectivity index (χ3v) is 14.1. The number of hydrazine groups is 1. The minimum Gasteiger partial charge on any atom is -0.464 e. The number of hydrogen-bond donors (Lipinski definition) is 2. The molecule has 0 aliphatic carbocycles. The van der Waals surface area contributed by atoms with Crippen LogP contribution < -0.4 is 10.7 Å². The zero-order chi connectivity index (χ0) is 48.4. The van der Waals surface area contributed by atoms with Gasteiger partial charge in [-0.1, -0.05) is 64.6 Å². The number of methoxy groups -OCH3 is 1. The Balaban J connectivity index is 1.19. The van der Waals surface area contributed by atoms with Crippen molar-refractivity contribution in [3.8, 4) is 22.4 Å². The Morgan fingerprint density at radius 3 is 2.53 bits per heavy atom. The number of benzene rings is 2. The molecule has 2 aromatic heterocycles. The number of carbonyl (C=O) groups is 5. The molecule has 15 nitrogen and oxygen atoms in total. The summed E-state index contributed by atoms with van der Waals surface area (Å²) >= 11 is 0. The van der Waals surface area contributed by atoms with E-state index in [4.69, 9.17) is 19.2 Å². The molecule has 6 bridgehead atoms. The Morgan fingerprint density at radius 2 is 1.82 bits per heavy atom. The first kappa shape index (κ1) is 48.6. The lowest BCUT2D eigenvalue weighted by Crippen LogP contribution is -2.65. The third kappa shape index (κ3) is 9.83. The van der Waals surface area contributed by atoms with E-state index in [1.54, 1.807) is 23.1 Å². The third-order valence-electron chi connectivity index (χ3n) is 14.1. The fourth-order valence-electron chi connectivity index (χ4n) is 10.4. The molecule has 0 radical (unpaired) electrons. The largest absolute Gasteiger partial charge is 0.464 e. The van der Waals surface area contributed by atoms with E-state index in [0.29, 0.717) is 45.3 Å². The van der Waals surface area contributed by atoms with Crippen LogP contribution in [0.15, 0.2) is 73.4 Å². The Labute approximate surface area is 399 Å². The predicted octanol–water partition coefficient (Wildman–Crippen LogP) is 6.03. The number of amides is 4. The Kier molecular flexibility index (Phi) is 14.5. The highest BCUT2D eigenvalue weighted by atomic mass is 16.5. The van der Waals surface area contributed by atoms with Gasteiger partial charge in [0, 0.05) is 67.8 Å². The number of cyclic esters (lactones) is 1. The van der Waals surface area contributed by atoms with Gasteiger partial charge in [-0.25, -0.2) is 5.43 Å². The molecule has 362 valence electrons. The first-order valence-electron chi connectivity index (χ1n) is 24.2. The first-order chi connectivity index (χ1) is 32.6. The van der Waals surface area contributed by atoms with Gasteiger partial charge >= 0.3 is 5.97 Å². The lowest BCUT2D eigenvalue weighted by Gasteiger charge is -2.44. The number of aryl methyl sites for hydroxylation is 1. The number of esters is 1. The van der Waals surface area contributed by atoms with Gasteiger partial charge in [-0.05, 0) is 98.0 Å². The molecule has 6 heterocycles. The number of nitrogens with zero attached hydrogens (tertiary/aromatic N) is 5. The summed E-state index contributed by atoms with van der Waals surface area (Å²) < 4.78 is 19.9. The van der Waals surface area contributed by atoms with Crippen molar-refractivity contribution in [1.29, 1.82) is 0 Å². The standard InChI is InChI=1S/C53H67N7O8/c1-9-45(61)57-23-20-37(28-57)50(63)60(38-29-67-30-38)47(32(3)4)49(62)55-43-25-34-14-11-15-35(24-34)36-18-19-44-40(26-36)41(48(58(44)10-2)39-16-12-21-54-46(39)33(5)66-8)27-53(6,7)31-68-52(65)42-17-13-22-59(56-42)51(43)64/h9,11-12,14-16,18-19,21,24,26,32-33,37-38,42-43,47,56H,1,10,13,17,20,22-23,25,27-31H2,2-8H3,(H,55,62)/t33-,37-,42-,43-,47?/m0/s1. The van der Waals surface area contributed by atoms with Gasteiger partial charge in [0.15, 0.2) is 0 Å². The molecule has 3 fully saturated rings. The number of nitrogens with one attached hydrogen (secondary N) is 2. The lowest BCUT2D eigenvalue weighted by molar-refractivity contribution is -0.161. The summed E-state index contributed by atoms with van der Waals surface area (Å²) in [5, 5.41) is 5.64. The maximum atomic E-state index is 14.9. The van der Waals surface area contributed by atoms with Crippen LogP contribution in [0.1, 0.15) is 83.7 Å². The first-order valence-corrected chi connectivity index (χ1v) is 24.2. The molecule has 4 amide bonds. The summed E-state index contributed by atoms with van der Waals surface area (Å²) in [6, 6.07) is 15.5. The lowest BCUT2D eigenvalue weighted by atomic mass is 9.84. The van der Waals surface area contributed by atoms with Crippen LogP contribution in [-0.4, -0.2) is 125 Å². The van der Waals surface area contributed by atoms with Gasteiger partial charge in [-0.15, -0.1) is 0 Å². The number of aromatic nitrogens is 2. The SMILES string of the molecule is C=CC(=O)N1CC[C@H](C(=O)N(C2COC2)C(C(=O)N[C@H]2Cc3cccc(c3)-c3ccc4c(c3)c(c(-c3cccnc3[C@H](C)OC)n4CC)CC(C)(C)COC(=O)[C@@H]3CCCN(N3)C2=O)C(C)C)C1. The fraction of sp³-hybridized carbons (Fsp3) is 0.509. The average molecular weight is 930 g/mol. The molecule has 3 saturated heterocycles. The molecule has 4 aliphatic heterocycles. The van der Waals surface area contributed by atoms with E-state index in [-0.39, 0.29) is 62.7 Å². The zero-order valence-corrected chi connectivity index (χ0v) is 40.6. The highest BCUT2D eigenvalue weighted by molar-refractivity contribution is 5.96. The topological polar surface area (TPSA) is 165 Å². The second-order valence-corrected chi connectivity index (χ2v) is 19.9. The molecule has 68 heavy (non-hydrogen) atoms. The van der Waals surface area contributed by atoms with E-state index < -0.39 is 47.2 Å². The molecule has 8 rings (SSSR count). The normalized spacial score (nSPS) is 22.0. The predicted molar refractivity (Wildman–Crippen MR) is 259 cm³/mol. The Bertz CT molecular complexity index is 2570. The van der Waals surface area contributed by atoms with Crippen molar-refractivity contribution < 1.29 is 38.2 Å². The van der Waals surface area contributed by atoms with Crippen LogP contribution in [0.3, 0.4) is 0 Å². The van der Waals surface area contributed by atoms with Crippen molar-refractivity contribution in [2.75, 3.05) is 46.6 Å².